The van der Waals surface area contributed by atoms with Gasteiger partial charge in [-0.1, -0.05) is 24.1 Å². The SMILES string of the molecule is Cc1cc(N2CCC(O)(CN3CCCCC3)C2)nc2cc(Cl)ccc12. The first-order valence-electron chi connectivity index (χ1n) is 9.29. The molecule has 0 saturated carbocycles. The molecular weight excluding hydrogens is 334 g/mol. The summed E-state index contributed by atoms with van der Waals surface area (Å²) in [5.41, 5.74) is 1.49. The number of aliphatic hydroxyl groups is 1. The number of likely N-dealkylation sites (tertiary alicyclic amines) is 1. The van der Waals surface area contributed by atoms with Crippen LogP contribution < -0.4 is 4.90 Å². The third-order valence-electron chi connectivity index (χ3n) is 5.59. The van der Waals surface area contributed by atoms with Gasteiger partial charge < -0.3 is 14.9 Å². The number of pyridine rings is 1. The molecule has 25 heavy (non-hydrogen) atoms. The van der Waals surface area contributed by atoms with Crippen LogP contribution in [0.3, 0.4) is 0 Å². The van der Waals surface area contributed by atoms with E-state index in [4.69, 9.17) is 16.6 Å². The first kappa shape index (κ1) is 17.1. The highest BCUT2D eigenvalue weighted by Crippen LogP contribution is 2.30. The lowest BCUT2D eigenvalue weighted by molar-refractivity contribution is 0.0169. The number of anilines is 1. The van der Waals surface area contributed by atoms with E-state index in [0.717, 1.165) is 49.3 Å². The first-order valence-corrected chi connectivity index (χ1v) is 9.67. The number of benzene rings is 1. The maximum atomic E-state index is 11.1. The van der Waals surface area contributed by atoms with Gasteiger partial charge in [0.15, 0.2) is 0 Å². The van der Waals surface area contributed by atoms with Crippen molar-refractivity contribution in [3.05, 3.63) is 34.9 Å². The van der Waals surface area contributed by atoms with E-state index in [1.165, 1.54) is 24.8 Å². The number of hydrogen-bond acceptors (Lipinski definition) is 4. The normalized spacial score (nSPS) is 25.0. The zero-order chi connectivity index (χ0) is 17.4. The maximum absolute atomic E-state index is 11.1. The fraction of sp³-hybridized carbons (Fsp3) is 0.550. The van der Waals surface area contributed by atoms with Crippen molar-refractivity contribution in [3.63, 3.8) is 0 Å². The largest absolute Gasteiger partial charge is 0.387 e. The summed E-state index contributed by atoms with van der Waals surface area (Å²) >= 11 is 6.14. The second-order valence-corrected chi connectivity index (χ2v) is 8.13. The van der Waals surface area contributed by atoms with Crippen molar-refractivity contribution >= 4 is 28.3 Å². The Hall–Kier alpha value is -1.36. The molecule has 3 heterocycles. The monoisotopic (exact) mass is 359 g/mol. The molecule has 0 spiro atoms. The van der Waals surface area contributed by atoms with E-state index in [1.807, 2.05) is 18.2 Å². The summed E-state index contributed by atoms with van der Waals surface area (Å²) in [5, 5.41) is 12.9. The number of hydrogen-bond donors (Lipinski definition) is 1. The molecule has 1 unspecified atom stereocenters. The quantitative estimate of drug-likeness (QED) is 0.908. The number of rotatable bonds is 3. The minimum Gasteiger partial charge on any atom is -0.387 e. The molecule has 1 aromatic carbocycles. The van der Waals surface area contributed by atoms with Crippen LogP contribution in [-0.4, -0.2) is 53.3 Å². The van der Waals surface area contributed by atoms with Crippen LogP contribution in [0, 0.1) is 6.92 Å². The van der Waals surface area contributed by atoms with Crippen molar-refractivity contribution in [2.24, 2.45) is 0 Å². The minimum atomic E-state index is -0.629. The molecule has 0 amide bonds. The predicted octanol–water partition coefficient (Wildman–Crippen LogP) is 3.62. The molecule has 0 radical (unpaired) electrons. The molecule has 0 bridgehead atoms. The molecule has 1 N–H and O–H groups in total. The first-order chi connectivity index (χ1) is 12.0. The van der Waals surface area contributed by atoms with Gasteiger partial charge in [-0.3, -0.25) is 0 Å². The maximum Gasteiger partial charge on any atom is 0.129 e. The Balaban J connectivity index is 1.53. The smallest absolute Gasteiger partial charge is 0.129 e. The van der Waals surface area contributed by atoms with Gasteiger partial charge in [-0.05, 0) is 63.0 Å². The number of halogens is 1. The number of β-amino-alcohol motifs (C(OH)–C–C–N with tert-alkyl or cyclic N) is 1. The van der Waals surface area contributed by atoms with Crippen molar-refractivity contribution in [1.29, 1.82) is 0 Å². The fourth-order valence-electron chi connectivity index (χ4n) is 4.23. The van der Waals surface area contributed by atoms with Crippen LogP contribution in [-0.2, 0) is 0 Å². The summed E-state index contributed by atoms with van der Waals surface area (Å²) in [6, 6.07) is 7.98. The van der Waals surface area contributed by atoms with E-state index in [2.05, 4.69) is 22.8 Å². The fourth-order valence-corrected chi connectivity index (χ4v) is 4.40. The van der Waals surface area contributed by atoms with Gasteiger partial charge >= 0.3 is 0 Å². The van der Waals surface area contributed by atoms with Crippen LogP contribution >= 0.6 is 11.6 Å². The van der Waals surface area contributed by atoms with Gasteiger partial charge in [-0.15, -0.1) is 0 Å². The summed E-state index contributed by atoms with van der Waals surface area (Å²) in [4.78, 5) is 9.45. The van der Waals surface area contributed by atoms with Gasteiger partial charge in [0.25, 0.3) is 0 Å². The van der Waals surface area contributed by atoms with E-state index in [9.17, 15) is 5.11 Å². The minimum absolute atomic E-state index is 0.629. The lowest BCUT2D eigenvalue weighted by Gasteiger charge is -2.33. The molecule has 2 aliphatic heterocycles. The van der Waals surface area contributed by atoms with Crippen LogP contribution in [0.5, 0.6) is 0 Å². The van der Waals surface area contributed by atoms with Gasteiger partial charge in [-0.25, -0.2) is 4.98 Å². The summed E-state index contributed by atoms with van der Waals surface area (Å²) in [6.45, 7) is 6.63. The van der Waals surface area contributed by atoms with Crippen molar-refractivity contribution in [2.45, 2.75) is 38.2 Å². The Morgan fingerprint density at radius 1 is 1.16 bits per heavy atom. The number of nitrogens with zero attached hydrogens (tertiary/aromatic N) is 3. The van der Waals surface area contributed by atoms with E-state index >= 15 is 0 Å². The highest BCUT2D eigenvalue weighted by atomic mass is 35.5. The van der Waals surface area contributed by atoms with Crippen molar-refractivity contribution in [2.75, 3.05) is 37.6 Å². The summed E-state index contributed by atoms with van der Waals surface area (Å²) < 4.78 is 0. The van der Waals surface area contributed by atoms with Gasteiger partial charge in [0.2, 0.25) is 0 Å². The van der Waals surface area contributed by atoms with Crippen LogP contribution in [0.1, 0.15) is 31.2 Å². The third kappa shape index (κ3) is 3.62. The van der Waals surface area contributed by atoms with E-state index < -0.39 is 5.60 Å². The van der Waals surface area contributed by atoms with Gasteiger partial charge in [0.1, 0.15) is 5.82 Å². The van der Waals surface area contributed by atoms with Crippen LogP contribution in [0.2, 0.25) is 5.02 Å². The van der Waals surface area contributed by atoms with E-state index in [1.54, 1.807) is 0 Å². The average molecular weight is 360 g/mol. The Morgan fingerprint density at radius 2 is 1.96 bits per heavy atom. The molecule has 134 valence electrons. The molecule has 2 aliphatic rings. The van der Waals surface area contributed by atoms with Crippen LogP contribution in [0.4, 0.5) is 5.82 Å². The Labute approximate surface area is 154 Å². The summed E-state index contributed by atoms with van der Waals surface area (Å²) in [7, 11) is 0. The van der Waals surface area contributed by atoms with Crippen molar-refractivity contribution in [1.82, 2.24) is 9.88 Å². The lowest BCUT2D eigenvalue weighted by Crippen LogP contribution is -2.46. The highest BCUT2D eigenvalue weighted by molar-refractivity contribution is 6.31. The lowest BCUT2D eigenvalue weighted by atomic mass is 10.0. The molecule has 1 atom stereocenters. The molecule has 2 fully saturated rings. The van der Waals surface area contributed by atoms with Gasteiger partial charge in [-0.2, -0.15) is 0 Å². The molecule has 2 aromatic rings. The predicted molar refractivity (Wildman–Crippen MR) is 104 cm³/mol. The van der Waals surface area contributed by atoms with Gasteiger partial charge in [0, 0.05) is 30.0 Å². The Kier molecular flexibility index (Phi) is 4.61. The van der Waals surface area contributed by atoms with Crippen LogP contribution in [0.15, 0.2) is 24.3 Å². The van der Waals surface area contributed by atoms with E-state index in [-0.39, 0.29) is 0 Å². The van der Waals surface area contributed by atoms with Crippen LogP contribution in [0.25, 0.3) is 10.9 Å². The second kappa shape index (κ2) is 6.75. The number of fused-ring (bicyclic) bond motifs is 1. The topological polar surface area (TPSA) is 39.6 Å². The second-order valence-electron chi connectivity index (χ2n) is 7.69. The molecule has 1 aromatic heterocycles. The number of aryl methyl sites for hydroxylation is 1. The van der Waals surface area contributed by atoms with Gasteiger partial charge in [0.05, 0.1) is 11.1 Å². The summed E-state index contributed by atoms with van der Waals surface area (Å²) in [5.74, 6) is 0.946. The highest BCUT2D eigenvalue weighted by Gasteiger charge is 2.38. The van der Waals surface area contributed by atoms with E-state index in [0.29, 0.717) is 11.6 Å². The Morgan fingerprint density at radius 3 is 2.76 bits per heavy atom. The molecule has 5 heteroatoms. The number of piperidine rings is 1. The molecule has 4 rings (SSSR count). The average Bonchev–Trinajstić information content (AvgIpc) is 2.97. The molecule has 0 aliphatic carbocycles. The van der Waals surface area contributed by atoms with Crippen molar-refractivity contribution in [3.8, 4) is 0 Å². The molecule has 4 nitrogen and oxygen atoms in total. The summed E-state index contributed by atoms with van der Waals surface area (Å²) in [6.07, 6.45) is 4.64. The zero-order valence-corrected chi connectivity index (χ0v) is 15.6. The molecule has 2 saturated heterocycles. The number of aromatic nitrogens is 1. The molecular formula is C20H26ClN3O. The standard InChI is InChI=1S/C20H26ClN3O/c1-15-11-19(22-18-12-16(21)5-6-17(15)18)24-10-7-20(25,14-24)13-23-8-3-2-4-9-23/h5-6,11-12,25H,2-4,7-10,13-14H2,1H3. The third-order valence-corrected chi connectivity index (χ3v) is 5.82. The Bertz CT molecular complexity index is 775. The zero-order valence-electron chi connectivity index (χ0n) is 14.8. The van der Waals surface area contributed by atoms with Crippen molar-refractivity contribution < 1.29 is 5.11 Å².